The Hall–Kier alpha value is -2.15. The van der Waals surface area contributed by atoms with Crippen molar-refractivity contribution in [2.75, 3.05) is 11.9 Å². The summed E-state index contributed by atoms with van der Waals surface area (Å²) in [4.78, 5) is 24.9. The van der Waals surface area contributed by atoms with E-state index in [1.165, 1.54) is 0 Å². The maximum Gasteiger partial charge on any atom is 0.341 e. The number of nitrogens with zero attached hydrogens (tertiary/aromatic N) is 2. The Bertz CT molecular complexity index is 880. The zero-order valence-corrected chi connectivity index (χ0v) is 19.6. The lowest BCUT2D eigenvalue weighted by Gasteiger charge is -2.33. The monoisotopic (exact) mass is 443 g/mol. The molecule has 1 aromatic rings. The lowest BCUT2D eigenvalue weighted by molar-refractivity contribution is -0.138. The first-order valence-electron chi connectivity index (χ1n) is 12.2. The third-order valence-electron chi connectivity index (χ3n) is 7.55. The van der Waals surface area contributed by atoms with Gasteiger partial charge in [0, 0.05) is 36.9 Å². The molecule has 3 aliphatic rings. The van der Waals surface area contributed by atoms with Gasteiger partial charge in [0.25, 0.3) is 0 Å². The first-order valence-corrected chi connectivity index (χ1v) is 12.2. The van der Waals surface area contributed by atoms with Crippen LogP contribution in [0, 0.1) is 17.3 Å². The maximum absolute atomic E-state index is 13.0. The fourth-order valence-corrected chi connectivity index (χ4v) is 5.18. The number of carboxylic acids is 1. The van der Waals surface area contributed by atoms with Crippen molar-refractivity contribution in [3.8, 4) is 0 Å². The number of carbonyl (C=O) groups excluding carboxylic acids is 1. The van der Waals surface area contributed by atoms with E-state index in [1.807, 2.05) is 0 Å². The quantitative estimate of drug-likeness (QED) is 0.643. The number of carboxylic acid groups (broad SMARTS) is 1. The molecule has 0 bridgehead atoms. The summed E-state index contributed by atoms with van der Waals surface area (Å²) in [6.07, 6.45) is 11.7. The molecule has 2 N–H and O–H groups in total. The molecule has 2 atom stereocenters. The van der Waals surface area contributed by atoms with Gasteiger partial charge in [-0.15, -0.1) is 5.10 Å². The van der Waals surface area contributed by atoms with Crippen LogP contribution in [-0.2, 0) is 9.53 Å². The van der Waals surface area contributed by atoms with Gasteiger partial charge in [0.05, 0.1) is 0 Å². The molecular weight excluding hydrogens is 406 g/mol. The number of ketones is 1. The molecule has 7 heteroatoms. The topological polar surface area (TPSA) is 93.5 Å². The summed E-state index contributed by atoms with van der Waals surface area (Å²) >= 11 is 0. The van der Waals surface area contributed by atoms with Gasteiger partial charge in [-0.1, -0.05) is 39.7 Å². The third-order valence-corrected chi connectivity index (χ3v) is 7.55. The number of hydrogen-bond acceptors (Lipinski definition) is 5. The van der Waals surface area contributed by atoms with Crippen molar-refractivity contribution < 1.29 is 19.4 Å². The first kappa shape index (κ1) is 23.0. The van der Waals surface area contributed by atoms with Crippen LogP contribution in [0.4, 0.5) is 5.82 Å². The second kappa shape index (κ2) is 9.38. The van der Waals surface area contributed by atoms with Gasteiger partial charge >= 0.3 is 5.97 Å². The smallest absolute Gasteiger partial charge is 0.341 e. The van der Waals surface area contributed by atoms with Crippen molar-refractivity contribution in [1.29, 1.82) is 0 Å². The summed E-state index contributed by atoms with van der Waals surface area (Å²) in [5.74, 6) is 0.420. The second-order valence-corrected chi connectivity index (χ2v) is 10.8. The van der Waals surface area contributed by atoms with Crippen LogP contribution in [0.5, 0.6) is 0 Å². The minimum atomic E-state index is -0.994. The highest BCUT2D eigenvalue weighted by Gasteiger charge is 2.35. The molecule has 2 fully saturated rings. The highest BCUT2D eigenvalue weighted by molar-refractivity contribution is 5.93. The molecule has 7 nitrogen and oxygen atoms in total. The molecule has 0 amide bonds. The fourth-order valence-electron chi connectivity index (χ4n) is 5.18. The molecule has 0 aromatic carbocycles. The molecule has 1 aromatic heterocycles. The fraction of sp³-hybridized carbons (Fsp3) is 0.720. The predicted molar refractivity (Wildman–Crippen MR) is 124 cm³/mol. The third kappa shape index (κ3) is 5.25. The molecular formula is C25H37N3O4. The summed E-state index contributed by atoms with van der Waals surface area (Å²) in [6, 6.07) is -0.0269. The number of anilines is 1. The van der Waals surface area contributed by atoms with Gasteiger partial charge in [-0.25, -0.2) is 9.48 Å². The van der Waals surface area contributed by atoms with Gasteiger partial charge < -0.3 is 15.2 Å². The normalized spacial score (nSPS) is 30.4. The summed E-state index contributed by atoms with van der Waals surface area (Å²) in [7, 11) is 0. The summed E-state index contributed by atoms with van der Waals surface area (Å²) in [5, 5.41) is 17.7. The lowest BCUT2D eigenvalue weighted by atomic mass is 9.78. The second-order valence-electron chi connectivity index (χ2n) is 10.8. The van der Waals surface area contributed by atoms with E-state index in [2.05, 4.69) is 37.3 Å². The molecule has 32 heavy (non-hydrogen) atoms. The maximum atomic E-state index is 13.0. The summed E-state index contributed by atoms with van der Waals surface area (Å²) in [6.45, 7) is 7.24. The number of hydrogen-bond donors (Lipinski definition) is 2. The van der Waals surface area contributed by atoms with Crippen LogP contribution in [0.25, 0.3) is 5.70 Å². The van der Waals surface area contributed by atoms with Gasteiger partial charge in [-0.3, -0.25) is 4.79 Å². The Kier molecular flexibility index (Phi) is 6.75. The molecule has 2 unspecified atom stereocenters. The van der Waals surface area contributed by atoms with Crippen molar-refractivity contribution in [2.45, 2.75) is 90.7 Å². The molecule has 176 valence electrons. The largest absolute Gasteiger partial charge is 0.477 e. The minimum absolute atomic E-state index is 0.0269. The number of nitrogens with one attached hydrogen (secondary N) is 1. The van der Waals surface area contributed by atoms with Gasteiger partial charge in [0.15, 0.2) is 11.6 Å². The Morgan fingerprint density at radius 3 is 2.62 bits per heavy atom. The van der Waals surface area contributed by atoms with E-state index in [-0.39, 0.29) is 28.7 Å². The van der Waals surface area contributed by atoms with Crippen LogP contribution in [-0.4, -0.2) is 45.4 Å². The standard InChI is InChI=1S/C25H37N3O4/c1-16-4-6-17(7-5-16)22(29)21-14-18(10-13-32-21)26-23-20(24(30)31)15-28(27-23)19-8-11-25(2,3)12-9-19/h8,15-18,21H,4-7,9-14H2,1-3H3,(H,26,27)(H,30,31). The summed E-state index contributed by atoms with van der Waals surface area (Å²) < 4.78 is 7.56. The van der Waals surface area contributed by atoms with E-state index in [0.29, 0.717) is 24.8 Å². The Morgan fingerprint density at radius 1 is 1.22 bits per heavy atom. The highest BCUT2D eigenvalue weighted by Crippen LogP contribution is 2.36. The molecule has 4 rings (SSSR count). The van der Waals surface area contributed by atoms with E-state index in [1.54, 1.807) is 10.9 Å². The zero-order chi connectivity index (χ0) is 22.9. The summed E-state index contributed by atoms with van der Waals surface area (Å²) in [5.41, 5.74) is 1.49. The van der Waals surface area contributed by atoms with Crippen LogP contribution in [0.15, 0.2) is 12.3 Å². The number of ether oxygens (including phenoxy) is 1. The molecule has 1 aliphatic heterocycles. The van der Waals surface area contributed by atoms with Gasteiger partial charge in [0.1, 0.15) is 11.7 Å². The van der Waals surface area contributed by atoms with Crippen molar-refractivity contribution >= 4 is 23.3 Å². The van der Waals surface area contributed by atoms with Crippen molar-refractivity contribution in [2.24, 2.45) is 17.3 Å². The number of aromatic nitrogens is 2. The van der Waals surface area contributed by atoms with E-state index in [4.69, 9.17) is 4.74 Å². The number of rotatable bonds is 6. The molecule has 0 radical (unpaired) electrons. The number of carbonyl (C=O) groups is 2. The molecule has 0 spiro atoms. The van der Waals surface area contributed by atoms with Crippen LogP contribution in [0.3, 0.4) is 0 Å². The lowest BCUT2D eigenvalue weighted by Crippen LogP contribution is -2.41. The van der Waals surface area contributed by atoms with Gasteiger partial charge in [-0.2, -0.15) is 0 Å². The SMILES string of the molecule is CC1CCC(C(=O)C2CC(Nc3nn(C4=CCC(C)(C)CC4)cc3C(=O)O)CCO2)CC1. The highest BCUT2D eigenvalue weighted by atomic mass is 16.5. The van der Waals surface area contributed by atoms with Crippen LogP contribution >= 0.6 is 0 Å². The first-order chi connectivity index (χ1) is 15.2. The van der Waals surface area contributed by atoms with Gasteiger partial charge in [0.2, 0.25) is 0 Å². The van der Waals surface area contributed by atoms with Crippen molar-refractivity contribution in [3.05, 3.63) is 17.8 Å². The van der Waals surface area contributed by atoms with Crippen LogP contribution < -0.4 is 5.32 Å². The minimum Gasteiger partial charge on any atom is -0.477 e. The number of allylic oxidation sites excluding steroid dienone is 2. The average Bonchev–Trinajstić information content (AvgIpc) is 3.18. The average molecular weight is 444 g/mol. The van der Waals surface area contributed by atoms with Crippen molar-refractivity contribution in [3.63, 3.8) is 0 Å². The zero-order valence-electron chi connectivity index (χ0n) is 19.6. The molecule has 2 heterocycles. The van der Waals surface area contributed by atoms with Crippen molar-refractivity contribution in [1.82, 2.24) is 9.78 Å². The van der Waals surface area contributed by atoms with E-state index in [9.17, 15) is 14.7 Å². The molecule has 1 saturated heterocycles. The number of aromatic carboxylic acids is 1. The Balaban J connectivity index is 1.44. The molecule has 2 aliphatic carbocycles. The van der Waals surface area contributed by atoms with Gasteiger partial charge in [-0.05, 0) is 49.9 Å². The number of Topliss-reactive ketones (excluding diaryl/α,β-unsaturated/α-hetero) is 1. The van der Waals surface area contributed by atoms with E-state index >= 15 is 0 Å². The predicted octanol–water partition coefficient (Wildman–Crippen LogP) is 4.99. The van der Waals surface area contributed by atoms with Crippen LogP contribution in [0.1, 0.15) is 88.9 Å². The molecule has 1 saturated carbocycles. The van der Waals surface area contributed by atoms with Crippen LogP contribution in [0.2, 0.25) is 0 Å². The Morgan fingerprint density at radius 2 is 1.97 bits per heavy atom. The van der Waals surface area contributed by atoms with E-state index in [0.717, 1.165) is 57.1 Å². The Labute approximate surface area is 190 Å². The van der Waals surface area contributed by atoms with E-state index < -0.39 is 12.1 Å².